The van der Waals surface area contributed by atoms with Crippen molar-refractivity contribution in [1.29, 1.82) is 0 Å². The zero-order valence-corrected chi connectivity index (χ0v) is 9.67. The van der Waals surface area contributed by atoms with Crippen LogP contribution in [0.25, 0.3) is 0 Å². The van der Waals surface area contributed by atoms with Crippen LogP contribution in [0.5, 0.6) is 0 Å². The number of carbonyl (C=O) groups excluding carboxylic acids is 1. The number of rotatable bonds is 2. The highest BCUT2D eigenvalue weighted by Gasteiger charge is 2.36. The van der Waals surface area contributed by atoms with Crippen molar-refractivity contribution in [2.45, 2.75) is 13.1 Å². The van der Waals surface area contributed by atoms with Gasteiger partial charge >= 0.3 is 6.18 Å². The summed E-state index contributed by atoms with van der Waals surface area (Å²) < 4.78 is 37.8. The molecule has 0 heterocycles. The molecule has 0 aliphatic carbocycles. The van der Waals surface area contributed by atoms with Crippen molar-refractivity contribution >= 4 is 29.0 Å². The van der Waals surface area contributed by atoms with Gasteiger partial charge in [-0.25, -0.2) is 0 Å². The highest BCUT2D eigenvalue weighted by molar-refractivity contribution is 6.38. The van der Waals surface area contributed by atoms with E-state index in [4.69, 9.17) is 23.2 Å². The smallest absolute Gasteiger partial charge is 0.293 e. The van der Waals surface area contributed by atoms with E-state index >= 15 is 0 Å². The molecule has 0 amide bonds. The van der Waals surface area contributed by atoms with Crippen LogP contribution in [-0.4, -0.2) is 11.7 Å². The molecule has 1 aromatic rings. The largest absolute Gasteiger partial charge is 0.417 e. The van der Waals surface area contributed by atoms with E-state index < -0.39 is 29.0 Å². The molecule has 0 spiro atoms. The van der Waals surface area contributed by atoms with Crippen molar-refractivity contribution in [2.75, 3.05) is 5.88 Å². The van der Waals surface area contributed by atoms with Crippen LogP contribution in [-0.2, 0) is 6.18 Å². The molecule has 16 heavy (non-hydrogen) atoms. The van der Waals surface area contributed by atoms with Crippen molar-refractivity contribution in [3.8, 4) is 0 Å². The van der Waals surface area contributed by atoms with Crippen LogP contribution in [0.1, 0.15) is 21.5 Å². The lowest BCUT2D eigenvalue weighted by Gasteiger charge is -2.14. The Morgan fingerprint density at radius 1 is 1.38 bits per heavy atom. The Balaban J connectivity index is 3.51. The van der Waals surface area contributed by atoms with Gasteiger partial charge in [-0.05, 0) is 18.6 Å². The standard InChI is InChI=1S/C10H7Cl2F3O/c1-5-2-3-6(10(13,14)15)8(9(5)12)7(16)4-11/h2-3H,4H2,1H3. The third kappa shape index (κ3) is 2.50. The van der Waals surface area contributed by atoms with Crippen LogP contribution in [0.4, 0.5) is 13.2 Å². The highest BCUT2D eigenvalue weighted by atomic mass is 35.5. The summed E-state index contributed by atoms with van der Waals surface area (Å²) in [6.07, 6.45) is -4.62. The normalized spacial score (nSPS) is 11.6. The zero-order valence-electron chi connectivity index (χ0n) is 8.16. The number of aryl methyl sites for hydroxylation is 1. The van der Waals surface area contributed by atoms with E-state index in [9.17, 15) is 18.0 Å². The maximum Gasteiger partial charge on any atom is 0.417 e. The molecule has 0 fully saturated rings. The maximum absolute atomic E-state index is 12.6. The summed E-state index contributed by atoms with van der Waals surface area (Å²) in [4.78, 5) is 11.3. The van der Waals surface area contributed by atoms with Crippen molar-refractivity contribution in [1.82, 2.24) is 0 Å². The van der Waals surface area contributed by atoms with Crippen LogP contribution >= 0.6 is 23.2 Å². The molecule has 0 N–H and O–H groups in total. The molecule has 1 aromatic carbocycles. The molecule has 0 atom stereocenters. The van der Waals surface area contributed by atoms with Gasteiger partial charge in [-0.2, -0.15) is 13.2 Å². The molecule has 6 heteroatoms. The summed E-state index contributed by atoms with van der Waals surface area (Å²) in [5.74, 6) is -1.37. The minimum Gasteiger partial charge on any atom is -0.293 e. The Morgan fingerprint density at radius 3 is 2.38 bits per heavy atom. The molecule has 88 valence electrons. The first kappa shape index (κ1) is 13.3. The minimum atomic E-state index is -4.62. The monoisotopic (exact) mass is 270 g/mol. The Morgan fingerprint density at radius 2 is 1.94 bits per heavy atom. The first-order valence-corrected chi connectivity index (χ1v) is 5.15. The Kier molecular flexibility index (Phi) is 3.86. The average molecular weight is 271 g/mol. The molecule has 0 unspecified atom stereocenters. The van der Waals surface area contributed by atoms with Gasteiger partial charge in [0, 0.05) is 5.56 Å². The van der Waals surface area contributed by atoms with Crippen molar-refractivity contribution in [3.63, 3.8) is 0 Å². The van der Waals surface area contributed by atoms with Gasteiger partial charge in [0.05, 0.1) is 16.5 Å². The Labute approximate surface area is 100 Å². The number of hydrogen-bond donors (Lipinski definition) is 0. The zero-order chi connectivity index (χ0) is 12.5. The summed E-state index contributed by atoms with van der Waals surface area (Å²) in [5, 5.41) is -0.194. The number of halogens is 5. The van der Waals surface area contributed by atoms with Crippen LogP contribution in [0.3, 0.4) is 0 Å². The van der Waals surface area contributed by atoms with E-state index in [-0.39, 0.29) is 5.02 Å². The van der Waals surface area contributed by atoms with E-state index in [1.54, 1.807) is 0 Å². The molecule has 0 aliphatic heterocycles. The second kappa shape index (κ2) is 4.63. The van der Waals surface area contributed by atoms with Crippen molar-refractivity contribution in [2.24, 2.45) is 0 Å². The molecule has 0 saturated heterocycles. The van der Waals surface area contributed by atoms with Crippen LogP contribution < -0.4 is 0 Å². The predicted molar refractivity (Wildman–Crippen MR) is 56.2 cm³/mol. The molecule has 0 bridgehead atoms. The van der Waals surface area contributed by atoms with Gasteiger partial charge in [0.15, 0.2) is 5.78 Å². The first-order chi connectivity index (χ1) is 7.29. The Bertz CT molecular complexity index is 427. The SMILES string of the molecule is Cc1ccc(C(F)(F)F)c(C(=O)CCl)c1Cl. The fraction of sp³-hybridized carbons (Fsp3) is 0.300. The van der Waals surface area contributed by atoms with Gasteiger partial charge in [0.25, 0.3) is 0 Å². The third-order valence-electron chi connectivity index (χ3n) is 2.04. The molecule has 1 rings (SSSR count). The van der Waals surface area contributed by atoms with Crippen molar-refractivity contribution in [3.05, 3.63) is 33.8 Å². The predicted octanol–water partition coefficient (Wildman–Crippen LogP) is 4.09. The second-order valence-electron chi connectivity index (χ2n) is 3.17. The molecule has 0 saturated carbocycles. The minimum absolute atomic E-state index is 0.194. The fourth-order valence-electron chi connectivity index (χ4n) is 1.26. The Hall–Kier alpha value is -0.740. The van der Waals surface area contributed by atoms with Crippen molar-refractivity contribution < 1.29 is 18.0 Å². The maximum atomic E-state index is 12.6. The molecule has 0 aromatic heterocycles. The summed E-state index contributed by atoms with van der Waals surface area (Å²) in [6, 6.07) is 2.05. The average Bonchev–Trinajstić information content (AvgIpc) is 2.19. The van der Waals surface area contributed by atoms with E-state index in [1.165, 1.54) is 13.0 Å². The number of carbonyl (C=O) groups is 1. The van der Waals surface area contributed by atoms with Gasteiger partial charge in [-0.15, -0.1) is 11.6 Å². The van der Waals surface area contributed by atoms with Crippen LogP contribution in [0.15, 0.2) is 12.1 Å². The summed E-state index contributed by atoms with van der Waals surface area (Å²) in [6.45, 7) is 1.52. The number of Topliss-reactive ketones (excluding diaryl/α,β-unsaturated/α-hetero) is 1. The number of alkyl halides is 4. The lowest BCUT2D eigenvalue weighted by Crippen LogP contribution is -2.15. The number of ketones is 1. The van der Waals surface area contributed by atoms with Gasteiger partial charge in [-0.3, -0.25) is 4.79 Å². The van der Waals surface area contributed by atoms with Gasteiger partial charge < -0.3 is 0 Å². The molecule has 0 radical (unpaired) electrons. The topological polar surface area (TPSA) is 17.1 Å². The summed E-state index contributed by atoms with van der Waals surface area (Å²) >= 11 is 11.0. The number of hydrogen-bond acceptors (Lipinski definition) is 1. The highest BCUT2D eigenvalue weighted by Crippen LogP contribution is 2.36. The first-order valence-electron chi connectivity index (χ1n) is 4.24. The second-order valence-corrected chi connectivity index (χ2v) is 3.82. The fourth-order valence-corrected chi connectivity index (χ4v) is 1.66. The molecular weight excluding hydrogens is 264 g/mol. The summed E-state index contributed by atoms with van der Waals surface area (Å²) in [5.41, 5.74) is -1.19. The quantitative estimate of drug-likeness (QED) is 0.585. The van der Waals surface area contributed by atoms with Gasteiger partial charge in [-0.1, -0.05) is 17.7 Å². The van der Waals surface area contributed by atoms with E-state index in [1.807, 2.05) is 0 Å². The van der Waals surface area contributed by atoms with Crippen LogP contribution in [0.2, 0.25) is 5.02 Å². The summed E-state index contributed by atoms with van der Waals surface area (Å²) in [7, 11) is 0. The van der Waals surface area contributed by atoms with Gasteiger partial charge in [0.2, 0.25) is 0 Å². The lowest BCUT2D eigenvalue weighted by atomic mass is 10.0. The van der Waals surface area contributed by atoms with E-state index in [0.717, 1.165) is 6.07 Å². The molecular formula is C10H7Cl2F3O. The van der Waals surface area contributed by atoms with E-state index in [2.05, 4.69) is 0 Å². The molecule has 0 aliphatic rings. The lowest BCUT2D eigenvalue weighted by molar-refractivity contribution is -0.137. The third-order valence-corrected chi connectivity index (χ3v) is 2.77. The van der Waals surface area contributed by atoms with E-state index in [0.29, 0.717) is 5.56 Å². The molecule has 1 nitrogen and oxygen atoms in total. The van der Waals surface area contributed by atoms with Gasteiger partial charge in [0.1, 0.15) is 0 Å². The van der Waals surface area contributed by atoms with Crippen LogP contribution in [0, 0.1) is 6.92 Å². The number of benzene rings is 1.